The smallest absolute Gasteiger partial charge is 0.0556 e. The van der Waals surface area contributed by atoms with E-state index in [1.165, 1.54) is 24.1 Å². The molecule has 0 saturated heterocycles. The highest BCUT2D eigenvalue weighted by Crippen LogP contribution is 2.59. The van der Waals surface area contributed by atoms with Crippen molar-refractivity contribution in [1.82, 2.24) is 0 Å². The summed E-state index contributed by atoms with van der Waals surface area (Å²) in [4.78, 5) is 1.83. The van der Waals surface area contributed by atoms with E-state index in [0.717, 1.165) is 22.8 Å². The molecule has 1 aromatic heterocycles. The molecule has 14 heavy (non-hydrogen) atoms. The number of rotatable bonds is 2. The maximum absolute atomic E-state index is 6.14. The van der Waals surface area contributed by atoms with E-state index in [0.29, 0.717) is 4.83 Å². The van der Waals surface area contributed by atoms with Crippen molar-refractivity contribution in [2.45, 2.75) is 24.1 Å². The fourth-order valence-electron chi connectivity index (χ4n) is 2.72. The van der Waals surface area contributed by atoms with Gasteiger partial charge in [0.25, 0.3) is 0 Å². The van der Waals surface area contributed by atoms with Gasteiger partial charge in [-0.3, -0.25) is 0 Å². The summed E-state index contributed by atoms with van der Waals surface area (Å²) in [7, 11) is 0. The van der Waals surface area contributed by atoms with Crippen molar-refractivity contribution in [3.05, 3.63) is 21.3 Å². The van der Waals surface area contributed by atoms with Crippen molar-refractivity contribution >= 4 is 38.9 Å². The molecule has 0 N–H and O–H groups in total. The summed E-state index contributed by atoms with van der Waals surface area (Å²) < 4.78 is 0. The van der Waals surface area contributed by atoms with Crippen LogP contribution in [0.15, 0.2) is 11.4 Å². The van der Waals surface area contributed by atoms with Gasteiger partial charge in [0.2, 0.25) is 0 Å². The molecular formula is C11H12BrClS. The molecule has 3 atom stereocenters. The molecule has 0 nitrogen and oxygen atoms in total. The van der Waals surface area contributed by atoms with Crippen LogP contribution in [-0.4, -0.2) is 0 Å². The van der Waals surface area contributed by atoms with Crippen molar-refractivity contribution in [2.75, 3.05) is 0 Å². The standard InChI is InChI=1S/C11H12BrClS/c12-10(11-9(13)1-2-14-11)8-4-6-3-7(6)5-8/h1-2,6-8,10H,3-5H2. The minimum Gasteiger partial charge on any atom is -0.146 e. The molecule has 0 aliphatic heterocycles. The molecule has 76 valence electrons. The second kappa shape index (κ2) is 3.50. The van der Waals surface area contributed by atoms with Crippen molar-refractivity contribution in [3.8, 4) is 0 Å². The maximum Gasteiger partial charge on any atom is 0.0556 e. The normalized spacial score (nSPS) is 36.9. The first-order chi connectivity index (χ1) is 6.75. The third kappa shape index (κ3) is 1.56. The predicted octanol–water partition coefficient (Wildman–Crippen LogP) is 4.88. The second-order valence-corrected chi connectivity index (χ2v) is 6.86. The molecular weight excluding hydrogens is 280 g/mol. The van der Waals surface area contributed by atoms with Gasteiger partial charge in [-0.25, -0.2) is 0 Å². The number of halogens is 2. The van der Waals surface area contributed by atoms with Gasteiger partial charge in [-0.1, -0.05) is 27.5 Å². The zero-order chi connectivity index (χ0) is 9.71. The molecule has 3 unspecified atom stereocenters. The molecule has 3 heteroatoms. The van der Waals surface area contributed by atoms with Crippen LogP contribution < -0.4 is 0 Å². The maximum atomic E-state index is 6.14. The van der Waals surface area contributed by atoms with Crippen LogP contribution in [0.25, 0.3) is 0 Å². The van der Waals surface area contributed by atoms with Crippen molar-refractivity contribution in [2.24, 2.45) is 17.8 Å². The molecule has 0 bridgehead atoms. The van der Waals surface area contributed by atoms with E-state index in [4.69, 9.17) is 11.6 Å². The lowest BCUT2D eigenvalue weighted by molar-refractivity contribution is 0.485. The lowest BCUT2D eigenvalue weighted by Crippen LogP contribution is -2.04. The number of hydrogen-bond donors (Lipinski definition) is 0. The van der Waals surface area contributed by atoms with E-state index in [-0.39, 0.29) is 0 Å². The molecule has 2 saturated carbocycles. The molecule has 3 rings (SSSR count). The van der Waals surface area contributed by atoms with Gasteiger partial charge < -0.3 is 0 Å². The van der Waals surface area contributed by atoms with Crippen LogP contribution in [-0.2, 0) is 0 Å². The summed E-state index contributed by atoms with van der Waals surface area (Å²) >= 11 is 11.7. The van der Waals surface area contributed by atoms with E-state index in [2.05, 4.69) is 21.3 Å². The van der Waals surface area contributed by atoms with Gasteiger partial charge in [-0.05, 0) is 48.5 Å². The first-order valence-electron chi connectivity index (χ1n) is 5.12. The van der Waals surface area contributed by atoms with Crippen LogP contribution in [0.2, 0.25) is 5.02 Å². The zero-order valence-corrected chi connectivity index (χ0v) is 10.9. The highest BCUT2D eigenvalue weighted by atomic mass is 79.9. The van der Waals surface area contributed by atoms with Crippen LogP contribution in [0.3, 0.4) is 0 Å². The van der Waals surface area contributed by atoms with Crippen molar-refractivity contribution < 1.29 is 0 Å². The Hall–Kier alpha value is 0.470. The topological polar surface area (TPSA) is 0 Å². The highest BCUT2D eigenvalue weighted by molar-refractivity contribution is 9.09. The Bertz CT molecular complexity index is 339. The Kier molecular flexibility index (Phi) is 2.42. The van der Waals surface area contributed by atoms with E-state index in [9.17, 15) is 0 Å². The molecule has 1 aromatic rings. The SMILES string of the molecule is Clc1ccsc1C(Br)C1CC2CC2C1. The van der Waals surface area contributed by atoms with E-state index in [1.54, 1.807) is 11.3 Å². The Morgan fingerprint density at radius 3 is 2.64 bits per heavy atom. The monoisotopic (exact) mass is 290 g/mol. The highest BCUT2D eigenvalue weighted by Gasteiger charge is 2.47. The summed E-state index contributed by atoms with van der Waals surface area (Å²) in [5.41, 5.74) is 0. The van der Waals surface area contributed by atoms with Gasteiger partial charge >= 0.3 is 0 Å². The molecule has 0 spiro atoms. The van der Waals surface area contributed by atoms with Gasteiger partial charge in [-0.15, -0.1) is 11.3 Å². The number of hydrogen-bond acceptors (Lipinski definition) is 1. The van der Waals surface area contributed by atoms with E-state index in [1.807, 2.05) is 6.07 Å². The largest absolute Gasteiger partial charge is 0.146 e. The quantitative estimate of drug-likeness (QED) is 0.681. The van der Waals surface area contributed by atoms with E-state index < -0.39 is 0 Å². The average Bonchev–Trinajstić information content (AvgIpc) is 2.64. The Labute approximate surface area is 102 Å². The van der Waals surface area contributed by atoms with E-state index >= 15 is 0 Å². The first-order valence-corrected chi connectivity index (χ1v) is 7.30. The fourth-order valence-corrected chi connectivity index (χ4v) is 5.09. The van der Waals surface area contributed by atoms with Crippen LogP contribution >= 0.6 is 38.9 Å². The van der Waals surface area contributed by atoms with Gasteiger partial charge in [0.15, 0.2) is 0 Å². The summed E-state index contributed by atoms with van der Waals surface area (Å²) in [6.45, 7) is 0. The third-order valence-electron chi connectivity index (χ3n) is 3.59. The Morgan fingerprint density at radius 1 is 1.36 bits per heavy atom. The number of fused-ring (bicyclic) bond motifs is 1. The van der Waals surface area contributed by atoms with Gasteiger partial charge in [0.1, 0.15) is 0 Å². The van der Waals surface area contributed by atoms with Crippen LogP contribution in [0, 0.1) is 17.8 Å². The minimum absolute atomic E-state index is 0.503. The van der Waals surface area contributed by atoms with Crippen LogP contribution in [0.4, 0.5) is 0 Å². The van der Waals surface area contributed by atoms with Crippen LogP contribution in [0.1, 0.15) is 29.0 Å². The summed E-state index contributed by atoms with van der Waals surface area (Å²) in [6.07, 6.45) is 4.32. The van der Waals surface area contributed by atoms with Gasteiger partial charge in [-0.2, -0.15) is 0 Å². The average molecular weight is 292 g/mol. The molecule has 2 aliphatic rings. The van der Waals surface area contributed by atoms with Crippen molar-refractivity contribution in [1.29, 1.82) is 0 Å². The molecule has 2 fully saturated rings. The van der Waals surface area contributed by atoms with Gasteiger partial charge in [0.05, 0.1) is 9.85 Å². The fraction of sp³-hybridized carbons (Fsp3) is 0.636. The lowest BCUT2D eigenvalue weighted by Gasteiger charge is -2.18. The molecule has 2 aliphatic carbocycles. The lowest BCUT2D eigenvalue weighted by atomic mass is 9.99. The molecule has 0 aromatic carbocycles. The third-order valence-corrected chi connectivity index (χ3v) is 6.54. The Balaban J connectivity index is 1.76. The summed E-state index contributed by atoms with van der Waals surface area (Å²) in [5, 5.41) is 3.03. The summed E-state index contributed by atoms with van der Waals surface area (Å²) in [6, 6.07) is 2.01. The molecule has 0 radical (unpaired) electrons. The summed E-state index contributed by atoms with van der Waals surface area (Å²) in [5.74, 6) is 2.94. The Morgan fingerprint density at radius 2 is 2.07 bits per heavy atom. The predicted molar refractivity (Wildman–Crippen MR) is 65.3 cm³/mol. The number of alkyl halides is 1. The van der Waals surface area contributed by atoms with Crippen molar-refractivity contribution in [3.63, 3.8) is 0 Å². The zero-order valence-electron chi connectivity index (χ0n) is 7.75. The minimum atomic E-state index is 0.503. The molecule has 0 amide bonds. The number of thiophene rings is 1. The first kappa shape index (κ1) is 9.68. The second-order valence-electron chi connectivity index (χ2n) is 4.52. The molecule has 1 heterocycles. The van der Waals surface area contributed by atoms with Crippen LogP contribution in [0.5, 0.6) is 0 Å². The van der Waals surface area contributed by atoms with Gasteiger partial charge in [0, 0.05) is 4.88 Å².